The maximum absolute atomic E-state index is 12.5. The van der Waals surface area contributed by atoms with Crippen LogP contribution in [0.3, 0.4) is 0 Å². The Kier molecular flexibility index (Phi) is 5.78. The van der Waals surface area contributed by atoms with Crippen molar-refractivity contribution in [2.24, 2.45) is 0 Å². The Balaban J connectivity index is 3.01. The highest BCUT2D eigenvalue weighted by molar-refractivity contribution is 5.38. The summed E-state index contributed by atoms with van der Waals surface area (Å²) in [6, 6.07) is 0.0156. The Morgan fingerprint density at radius 3 is 2.40 bits per heavy atom. The Hall–Kier alpha value is -1.80. The summed E-state index contributed by atoms with van der Waals surface area (Å²) in [5, 5.41) is 2.68. The van der Waals surface area contributed by atoms with Gasteiger partial charge in [-0.15, -0.1) is 0 Å². The van der Waals surface area contributed by atoms with Crippen molar-refractivity contribution in [1.29, 1.82) is 0 Å². The zero-order chi connectivity index (χ0) is 15.2. The van der Waals surface area contributed by atoms with Crippen LogP contribution in [0.25, 0.3) is 0 Å². The maximum Gasteiger partial charge on any atom is 0.406 e. The molecule has 1 N–H and O–H groups in total. The van der Waals surface area contributed by atoms with E-state index >= 15 is 0 Å². The average molecular weight is 293 g/mol. The first-order chi connectivity index (χ1) is 9.39. The topological polar surface area (TPSA) is 63.2 Å². The van der Waals surface area contributed by atoms with Crippen molar-refractivity contribution in [3.05, 3.63) is 0 Å². The molecule has 0 spiro atoms. The third-order valence-electron chi connectivity index (χ3n) is 2.30. The smallest absolute Gasteiger partial charge is 0.406 e. The molecule has 1 heterocycles. The van der Waals surface area contributed by atoms with Gasteiger partial charge in [-0.1, -0.05) is 6.92 Å². The maximum atomic E-state index is 12.5. The quantitative estimate of drug-likeness (QED) is 0.830. The number of aromatic nitrogens is 3. The van der Waals surface area contributed by atoms with Gasteiger partial charge < -0.3 is 15.0 Å². The van der Waals surface area contributed by atoms with Crippen molar-refractivity contribution < 1.29 is 17.9 Å². The monoisotopic (exact) mass is 293 g/mol. The van der Waals surface area contributed by atoms with Gasteiger partial charge in [0.2, 0.25) is 11.9 Å². The molecule has 20 heavy (non-hydrogen) atoms. The number of anilines is 2. The number of hydrogen-bond donors (Lipinski definition) is 1. The molecule has 0 aliphatic rings. The Morgan fingerprint density at radius 1 is 1.20 bits per heavy atom. The van der Waals surface area contributed by atoms with E-state index in [1.165, 1.54) is 0 Å². The van der Waals surface area contributed by atoms with E-state index in [0.29, 0.717) is 6.61 Å². The number of nitrogens with zero attached hydrogens (tertiary/aromatic N) is 4. The van der Waals surface area contributed by atoms with Crippen molar-refractivity contribution in [2.75, 3.05) is 37.0 Å². The number of halogens is 3. The zero-order valence-electron chi connectivity index (χ0n) is 11.7. The van der Waals surface area contributed by atoms with Gasteiger partial charge in [0, 0.05) is 13.6 Å². The minimum absolute atomic E-state index is 0.0156. The summed E-state index contributed by atoms with van der Waals surface area (Å²) >= 11 is 0. The number of ether oxygens (including phenoxy) is 1. The molecule has 1 aromatic heterocycles. The van der Waals surface area contributed by atoms with Crippen LogP contribution in [-0.2, 0) is 0 Å². The summed E-state index contributed by atoms with van der Waals surface area (Å²) in [6.45, 7) is 2.89. The fourth-order valence-corrected chi connectivity index (χ4v) is 1.40. The first-order valence-corrected chi connectivity index (χ1v) is 6.28. The highest BCUT2D eigenvalue weighted by Gasteiger charge is 2.31. The molecule has 0 aliphatic heterocycles. The molecule has 1 aromatic rings. The zero-order valence-corrected chi connectivity index (χ0v) is 11.7. The molecule has 1 rings (SSSR count). The van der Waals surface area contributed by atoms with Crippen molar-refractivity contribution in [3.63, 3.8) is 0 Å². The summed E-state index contributed by atoms with van der Waals surface area (Å²) in [4.78, 5) is 12.8. The Labute approximate surface area is 115 Å². The molecular weight excluding hydrogens is 275 g/mol. The molecule has 0 unspecified atom stereocenters. The van der Waals surface area contributed by atoms with E-state index in [1.807, 2.05) is 6.92 Å². The molecule has 0 saturated heterocycles. The summed E-state index contributed by atoms with van der Waals surface area (Å²) in [6.07, 6.45) is -3.58. The van der Waals surface area contributed by atoms with Crippen molar-refractivity contribution >= 4 is 11.9 Å². The lowest BCUT2D eigenvalue weighted by Crippen LogP contribution is -2.35. The summed E-state index contributed by atoms with van der Waals surface area (Å²) < 4.78 is 42.8. The van der Waals surface area contributed by atoms with Crippen molar-refractivity contribution in [3.8, 4) is 6.01 Å². The Bertz CT molecular complexity index is 427. The lowest BCUT2D eigenvalue weighted by atomic mass is 10.5. The van der Waals surface area contributed by atoms with Gasteiger partial charge in [0.15, 0.2) is 0 Å². The number of hydrogen-bond acceptors (Lipinski definition) is 6. The van der Waals surface area contributed by atoms with E-state index in [-0.39, 0.29) is 24.5 Å². The van der Waals surface area contributed by atoms with Gasteiger partial charge in [-0.05, 0) is 13.3 Å². The lowest BCUT2D eigenvalue weighted by Gasteiger charge is -2.22. The molecule has 0 bridgehead atoms. The van der Waals surface area contributed by atoms with E-state index in [2.05, 4.69) is 20.3 Å². The van der Waals surface area contributed by atoms with E-state index in [1.54, 1.807) is 14.0 Å². The molecule has 0 radical (unpaired) electrons. The van der Waals surface area contributed by atoms with Crippen LogP contribution in [0.15, 0.2) is 0 Å². The molecular formula is C11H18F3N5O. The predicted molar refractivity (Wildman–Crippen MR) is 69.1 cm³/mol. The van der Waals surface area contributed by atoms with Crippen LogP contribution >= 0.6 is 0 Å². The van der Waals surface area contributed by atoms with Gasteiger partial charge in [-0.2, -0.15) is 28.1 Å². The molecule has 0 atom stereocenters. The number of rotatable bonds is 7. The summed E-state index contributed by atoms with van der Waals surface area (Å²) in [7, 11) is 1.57. The minimum Gasteiger partial charge on any atom is -0.463 e. The van der Waals surface area contributed by atoms with Crippen LogP contribution in [-0.4, -0.2) is 47.9 Å². The average Bonchev–Trinajstić information content (AvgIpc) is 2.41. The van der Waals surface area contributed by atoms with Gasteiger partial charge >= 0.3 is 12.2 Å². The molecule has 0 saturated carbocycles. The van der Waals surface area contributed by atoms with Gasteiger partial charge in [0.05, 0.1) is 6.61 Å². The van der Waals surface area contributed by atoms with Crippen LogP contribution < -0.4 is 15.0 Å². The minimum atomic E-state index is -4.33. The second-order valence-electron chi connectivity index (χ2n) is 3.97. The van der Waals surface area contributed by atoms with Crippen molar-refractivity contribution in [2.45, 2.75) is 26.4 Å². The second kappa shape index (κ2) is 7.11. The first kappa shape index (κ1) is 16.3. The van der Waals surface area contributed by atoms with E-state index in [4.69, 9.17) is 4.74 Å². The SMILES string of the molecule is CCCOc1nc(NC)nc(N(CC)CC(F)(F)F)n1. The van der Waals surface area contributed by atoms with Crippen LogP contribution in [0.4, 0.5) is 25.1 Å². The predicted octanol–water partition coefficient (Wildman–Crippen LogP) is 2.09. The lowest BCUT2D eigenvalue weighted by molar-refractivity contribution is -0.119. The third kappa shape index (κ3) is 5.06. The Morgan fingerprint density at radius 2 is 1.90 bits per heavy atom. The van der Waals surface area contributed by atoms with Crippen LogP contribution in [0.2, 0.25) is 0 Å². The molecule has 0 fully saturated rings. The largest absolute Gasteiger partial charge is 0.463 e. The van der Waals surface area contributed by atoms with Gasteiger partial charge in [0.25, 0.3) is 0 Å². The first-order valence-electron chi connectivity index (χ1n) is 6.28. The molecule has 0 aliphatic carbocycles. The standard InChI is InChI=1S/C11H18F3N5O/c1-4-6-20-10-17-8(15-3)16-9(18-10)19(5-2)7-11(12,13)14/h4-7H2,1-3H3,(H,15,16,17,18). The molecule has 114 valence electrons. The van der Waals surface area contributed by atoms with Gasteiger partial charge in [-0.25, -0.2) is 0 Å². The summed E-state index contributed by atoms with van der Waals surface area (Å²) in [5.41, 5.74) is 0. The van der Waals surface area contributed by atoms with Crippen LogP contribution in [0.5, 0.6) is 6.01 Å². The fraction of sp³-hybridized carbons (Fsp3) is 0.727. The third-order valence-corrected chi connectivity index (χ3v) is 2.30. The highest BCUT2D eigenvalue weighted by atomic mass is 19.4. The van der Waals surface area contributed by atoms with Crippen molar-refractivity contribution in [1.82, 2.24) is 15.0 Å². The molecule has 0 amide bonds. The van der Waals surface area contributed by atoms with Crippen LogP contribution in [0, 0.1) is 0 Å². The highest BCUT2D eigenvalue weighted by Crippen LogP contribution is 2.21. The normalized spacial score (nSPS) is 11.3. The number of nitrogens with one attached hydrogen (secondary N) is 1. The summed E-state index contributed by atoms with van der Waals surface area (Å²) in [5.74, 6) is 0.108. The van der Waals surface area contributed by atoms with E-state index in [0.717, 1.165) is 11.3 Å². The second-order valence-corrected chi connectivity index (χ2v) is 3.97. The molecule has 6 nitrogen and oxygen atoms in total. The van der Waals surface area contributed by atoms with Gasteiger partial charge in [0.1, 0.15) is 6.54 Å². The van der Waals surface area contributed by atoms with Gasteiger partial charge in [-0.3, -0.25) is 0 Å². The molecule has 9 heteroatoms. The molecule has 0 aromatic carbocycles. The fourth-order valence-electron chi connectivity index (χ4n) is 1.40. The van der Waals surface area contributed by atoms with E-state index in [9.17, 15) is 13.2 Å². The van der Waals surface area contributed by atoms with Crippen LogP contribution in [0.1, 0.15) is 20.3 Å². The number of alkyl halides is 3. The van der Waals surface area contributed by atoms with E-state index < -0.39 is 12.7 Å².